The van der Waals surface area contributed by atoms with E-state index in [9.17, 15) is 9.59 Å². The van der Waals surface area contributed by atoms with Gasteiger partial charge in [0.15, 0.2) is 6.79 Å². The van der Waals surface area contributed by atoms with Crippen molar-refractivity contribution in [2.24, 2.45) is 5.92 Å². The van der Waals surface area contributed by atoms with E-state index in [1.54, 1.807) is 12.1 Å². The summed E-state index contributed by atoms with van der Waals surface area (Å²) in [6, 6.07) is 5.36. The Bertz CT molecular complexity index is 893. The molecule has 0 radical (unpaired) electrons. The number of alkyl halides is 1. The Kier molecular flexibility index (Phi) is 7.15. The zero-order valence-corrected chi connectivity index (χ0v) is 20.2. The number of hydrogen-bond acceptors (Lipinski definition) is 4. The van der Waals surface area contributed by atoms with Crippen molar-refractivity contribution < 1.29 is 19.1 Å². The summed E-state index contributed by atoms with van der Waals surface area (Å²) in [5, 5.41) is 5.96. The van der Waals surface area contributed by atoms with Gasteiger partial charge in [0.1, 0.15) is 11.9 Å². The molecular weight excluding hydrogens is 563 g/mol. The largest absolute Gasteiger partial charge is 0.469 e. The van der Waals surface area contributed by atoms with E-state index < -0.39 is 0 Å². The van der Waals surface area contributed by atoms with Gasteiger partial charge < -0.3 is 20.1 Å². The van der Waals surface area contributed by atoms with Gasteiger partial charge in [-0.25, -0.2) is 0 Å². The minimum atomic E-state index is -0.221. The first-order chi connectivity index (χ1) is 14.5. The fraction of sp³-hybridized carbons (Fsp3) is 0.455. The Labute approximate surface area is 198 Å². The predicted molar refractivity (Wildman–Crippen MR) is 126 cm³/mol. The third-order valence-corrected chi connectivity index (χ3v) is 7.47. The summed E-state index contributed by atoms with van der Waals surface area (Å²) in [6.07, 6.45) is 8.43. The second kappa shape index (κ2) is 9.82. The molecular formula is C22H24BrIN2O4. The van der Waals surface area contributed by atoms with Gasteiger partial charge in [0, 0.05) is 27.3 Å². The van der Waals surface area contributed by atoms with E-state index in [1.807, 2.05) is 18.2 Å². The SMILES string of the molecule is O=C(NCC1=CC=C2OCOC2C1)c1cc(Br)ccc1NC(=O)C1CCC(I)CC1. The minimum absolute atomic E-state index is 0.000657. The highest BCUT2D eigenvalue weighted by molar-refractivity contribution is 14.1. The first-order valence-corrected chi connectivity index (χ1v) is 12.2. The maximum atomic E-state index is 12.9. The molecule has 1 aromatic rings. The number of nitrogens with one attached hydrogen (secondary N) is 2. The van der Waals surface area contributed by atoms with Crippen molar-refractivity contribution in [1.82, 2.24) is 5.32 Å². The Morgan fingerprint density at radius 1 is 1.17 bits per heavy atom. The lowest BCUT2D eigenvalue weighted by Gasteiger charge is -2.24. The first-order valence-electron chi connectivity index (χ1n) is 10.2. The van der Waals surface area contributed by atoms with Crippen molar-refractivity contribution in [3.05, 3.63) is 51.7 Å². The molecule has 2 fully saturated rings. The molecule has 0 aromatic heterocycles. The molecule has 1 saturated heterocycles. The van der Waals surface area contributed by atoms with Crippen LogP contribution in [0.3, 0.4) is 0 Å². The molecule has 160 valence electrons. The first kappa shape index (κ1) is 21.8. The molecule has 2 aliphatic carbocycles. The molecule has 0 spiro atoms. The number of rotatable bonds is 5. The molecule has 6 nitrogen and oxygen atoms in total. The third-order valence-electron chi connectivity index (χ3n) is 5.73. The average Bonchev–Trinajstić information content (AvgIpc) is 3.21. The van der Waals surface area contributed by atoms with Crippen LogP contribution in [0, 0.1) is 5.92 Å². The molecule has 4 rings (SSSR count). The Hall–Kier alpha value is -1.39. The molecule has 1 aromatic carbocycles. The number of allylic oxidation sites excluding steroid dienone is 2. The van der Waals surface area contributed by atoms with Crippen LogP contribution in [0.1, 0.15) is 42.5 Å². The van der Waals surface area contributed by atoms with Gasteiger partial charge in [0.05, 0.1) is 11.3 Å². The van der Waals surface area contributed by atoms with E-state index in [4.69, 9.17) is 9.47 Å². The van der Waals surface area contributed by atoms with Crippen LogP contribution in [-0.4, -0.2) is 35.2 Å². The number of amides is 2. The molecule has 30 heavy (non-hydrogen) atoms. The summed E-state index contributed by atoms with van der Waals surface area (Å²) in [7, 11) is 0. The topological polar surface area (TPSA) is 76.7 Å². The summed E-state index contributed by atoms with van der Waals surface area (Å²) in [4.78, 5) is 25.7. The van der Waals surface area contributed by atoms with Crippen LogP contribution in [0.4, 0.5) is 5.69 Å². The highest BCUT2D eigenvalue weighted by Crippen LogP contribution is 2.31. The minimum Gasteiger partial charge on any atom is -0.469 e. The van der Waals surface area contributed by atoms with Crippen LogP contribution in [0.25, 0.3) is 0 Å². The van der Waals surface area contributed by atoms with Crippen LogP contribution in [0.2, 0.25) is 0 Å². The number of halogens is 2. The van der Waals surface area contributed by atoms with Crippen LogP contribution in [-0.2, 0) is 14.3 Å². The zero-order chi connectivity index (χ0) is 21.1. The number of benzene rings is 1. The summed E-state index contributed by atoms with van der Waals surface area (Å²) in [6.45, 7) is 0.701. The van der Waals surface area contributed by atoms with Gasteiger partial charge in [0.25, 0.3) is 5.91 Å². The molecule has 8 heteroatoms. The van der Waals surface area contributed by atoms with E-state index in [2.05, 4.69) is 49.2 Å². The number of anilines is 1. The number of fused-ring (bicyclic) bond motifs is 1. The highest BCUT2D eigenvalue weighted by Gasteiger charge is 2.28. The van der Waals surface area contributed by atoms with Crippen LogP contribution in [0.15, 0.2) is 46.2 Å². The van der Waals surface area contributed by atoms with Gasteiger partial charge in [-0.05, 0) is 55.5 Å². The molecule has 3 aliphatic rings. The molecule has 1 saturated carbocycles. The van der Waals surface area contributed by atoms with Crippen LogP contribution < -0.4 is 10.6 Å². The van der Waals surface area contributed by atoms with Crippen molar-refractivity contribution >= 4 is 56.0 Å². The van der Waals surface area contributed by atoms with Gasteiger partial charge in [-0.15, -0.1) is 0 Å². The Balaban J connectivity index is 1.40. The highest BCUT2D eigenvalue weighted by atomic mass is 127. The number of ether oxygens (including phenoxy) is 2. The van der Waals surface area contributed by atoms with Gasteiger partial charge in [0.2, 0.25) is 5.91 Å². The van der Waals surface area contributed by atoms with E-state index in [-0.39, 0.29) is 30.6 Å². The van der Waals surface area contributed by atoms with Crippen molar-refractivity contribution in [2.45, 2.75) is 42.1 Å². The van der Waals surface area contributed by atoms with E-state index in [1.165, 1.54) is 0 Å². The number of carbonyl (C=O) groups excluding carboxylic acids is 2. The van der Waals surface area contributed by atoms with Gasteiger partial charge in [-0.3, -0.25) is 9.59 Å². The molecule has 2 N–H and O–H groups in total. The standard InChI is InChI=1S/C22H24BrIN2O4/c23-15-4-7-18(26-21(27)14-2-5-16(24)6-3-14)17(10-15)22(28)25-11-13-1-8-19-20(9-13)30-12-29-19/h1,4,7-8,10,14,16,20H,2-3,5-6,9,11-12H2,(H,25,28)(H,26,27). The molecule has 1 aliphatic heterocycles. The van der Waals surface area contributed by atoms with Gasteiger partial charge in [-0.1, -0.05) is 44.6 Å². The maximum absolute atomic E-state index is 12.9. The third kappa shape index (κ3) is 5.26. The monoisotopic (exact) mass is 586 g/mol. The van der Waals surface area contributed by atoms with Crippen molar-refractivity contribution in [2.75, 3.05) is 18.7 Å². The second-order valence-electron chi connectivity index (χ2n) is 7.83. The van der Waals surface area contributed by atoms with E-state index >= 15 is 0 Å². The van der Waals surface area contributed by atoms with Crippen molar-refractivity contribution in [1.29, 1.82) is 0 Å². The van der Waals surface area contributed by atoms with Crippen molar-refractivity contribution in [3.63, 3.8) is 0 Å². The van der Waals surface area contributed by atoms with Gasteiger partial charge >= 0.3 is 0 Å². The maximum Gasteiger partial charge on any atom is 0.253 e. The quantitative estimate of drug-likeness (QED) is 0.387. The lowest BCUT2D eigenvalue weighted by atomic mass is 9.88. The molecule has 1 heterocycles. The zero-order valence-electron chi connectivity index (χ0n) is 16.5. The molecule has 2 amide bonds. The summed E-state index contributed by atoms with van der Waals surface area (Å²) in [5.74, 6) is 0.638. The number of hydrogen-bond donors (Lipinski definition) is 2. The fourth-order valence-corrected chi connectivity index (χ4v) is 5.04. The summed E-state index contributed by atoms with van der Waals surface area (Å²) in [5.41, 5.74) is 2.07. The predicted octanol–water partition coefficient (Wildman–Crippen LogP) is 4.70. The normalized spacial score (nSPS) is 25.5. The molecule has 1 unspecified atom stereocenters. The molecule has 1 atom stereocenters. The Morgan fingerprint density at radius 3 is 2.77 bits per heavy atom. The second-order valence-corrected chi connectivity index (χ2v) is 10.5. The lowest BCUT2D eigenvalue weighted by Crippen LogP contribution is -2.30. The van der Waals surface area contributed by atoms with Gasteiger partial charge in [-0.2, -0.15) is 0 Å². The molecule has 0 bridgehead atoms. The fourth-order valence-electron chi connectivity index (χ4n) is 3.96. The van der Waals surface area contributed by atoms with Crippen molar-refractivity contribution in [3.8, 4) is 0 Å². The van der Waals surface area contributed by atoms with E-state index in [0.29, 0.717) is 28.1 Å². The average molecular weight is 587 g/mol. The van der Waals surface area contributed by atoms with Crippen LogP contribution >= 0.6 is 38.5 Å². The van der Waals surface area contributed by atoms with Crippen LogP contribution in [0.5, 0.6) is 0 Å². The van der Waals surface area contributed by atoms with E-state index in [0.717, 1.165) is 41.5 Å². The Morgan fingerprint density at radius 2 is 1.97 bits per heavy atom. The number of carbonyl (C=O) groups is 2. The summed E-state index contributed by atoms with van der Waals surface area (Å²) >= 11 is 5.88. The smallest absolute Gasteiger partial charge is 0.253 e. The lowest BCUT2D eigenvalue weighted by molar-refractivity contribution is -0.120. The summed E-state index contributed by atoms with van der Waals surface area (Å²) < 4.78 is 12.3.